The van der Waals surface area contributed by atoms with Gasteiger partial charge >= 0.3 is 0 Å². The molecule has 2 nitrogen and oxygen atoms in total. The SMILES string of the molecule is CCOc1ccc(CC(CN)c2ccc(C(C)C)cc2)cc1Cl. The molecule has 0 amide bonds. The van der Waals surface area contributed by atoms with E-state index in [9.17, 15) is 0 Å². The molecule has 0 radical (unpaired) electrons. The van der Waals surface area contributed by atoms with E-state index < -0.39 is 0 Å². The molecule has 2 N–H and O–H groups in total. The van der Waals surface area contributed by atoms with Crippen molar-refractivity contribution >= 4 is 11.6 Å². The molecule has 0 aromatic heterocycles. The quantitative estimate of drug-likeness (QED) is 0.761. The van der Waals surface area contributed by atoms with Crippen molar-refractivity contribution in [2.45, 2.75) is 39.0 Å². The third kappa shape index (κ3) is 4.73. The second-order valence-corrected chi connectivity index (χ2v) is 6.56. The van der Waals surface area contributed by atoms with Crippen molar-refractivity contribution in [2.24, 2.45) is 5.73 Å². The first-order valence-corrected chi connectivity index (χ1v) is 8.64. The minimum absolute atomic E-state index is 0.297. The first-order chi connectivity index (χ1) is 11.0. The Balaban J connectivity index is 2.14. The molecule has 2 aromatic carbocycles. The van der Waals surface area contributed by atoms with Crippen LogP contribution in [0.5, 0.6) is 5.75 Å². The van der Waals surface area contributed by atoms with Gasteiger partial charge in [0, 0.05) is 5.92 Å². The van der Waals surface area contributed by atoms with Crippen LogP contribution in [0.3, 0.4) is 0 Å². The minimum atomic E-state index is 0.297. The van der Waals surface area contributed by atoms with Crippen LogP contribution in [0.1, 0.15) is 49.3 Å². The summed E-state index contributed by atoms with van der Waals surface area (Å²) in [5, 5.41) is 0.662. The van der Waals surface area contributed by atoms with Gasteiger partial charge in [0.15, 0.2) is 0 Å². The fraction of sp³-hybridized carbons (Fsp3) is 0.400. The van der Waals surface area contributed by atoms with Crippen molar-refractivity contribution in [3.8, 4) is 5.75 Å². The average Bonchev–Trinajstić information content (AvgIpc) is 2.55. The maximum absolute atomic E-state index is 6.28. The highest BCUT2D eigenvalue weighted by atomic mass is 35.5. The maximum atomic E-state index is 6.28. The summed E-state index contributed by atoms with van der Waals surface area (Å²) < 4.78 is 5.49. The Labute approximate surface area is 144 Å². The van der Waals surface area contributed by atoms with Gasteiger partial charge in [0.25, 0.3) is 0 Å². The predicted molar refractivity (Wildman–Crippen MR) is 98.7 cm³/mol. The molecule has 1 unspecified atom stereocenters. The smallest absolute Gasteiger partial charge is 0.137 e. The molecule has 23 heavy (non-hydrogen) atoms. The van der Waals surface area contributed by atoms with Crippen LogP contribution in [-0.2, 0) is 6.42 Å². The lowest BCUT2D eigenvalue weighted by Crippen LogP contribution is -2.15. The number of ether oxygens (including phenoxy) is 1. The van der Waals surface area contributed by atoms with Crippen LogP contribution >= 0.6 is 11.6 Å². The Hall–Kier alpha value is -1.51. The lowest BCUT2D eigenvalue weighted by molar-refractivity contribution is 0.340. The van der Waals surface area contributed by atoms with Crippen LogP contribution in [0.25, 0.3) is 0 Å². The zero-order valence-corrected chi connectivity index (χ0v) is 14.9. The van der Waals surface area contributed by atoms with Crippen LogP contribution < -0.4 is 10.5 Å². The molecule has 0 saturated heterocycles. The molecule has 3 heteroatoms. The van der Waals surface area contributed by atoms with Gasteiger partial charge in [0.1, 0.15) is 5.75 Å². The monoisotopic (exact) mass is 331 g/mol. The van der Waals surface area contributed by atoms with Crippen LogP contribution in [0, 0.1) is 0 Å². The molecule has 1 atom stereocenters. The summed E-state index contributed by atoms with van der Waals surface area (Å²) in [6.07, 6.45) is 0.879. The van der Waals surface area contributed by atoms with Crippen molar-refractivity contribution in [2.75, 3.05) is 13.2 Å². The first-order valence-electron chi connectivity index (χ1n) is 8.26. The molecule has 0 saturated carbocycles. The fourth-order valence-electron chi connectivity index (χ4n) is 2.72. The van der Waals surface area contributed by atoms with Gasteiger partial charge < -0.3 is 10.5 Å². The Kier molecular flexibility index (Phi) is 6.49. The Morgan fingerprint density at radius 1 is 1.04 bits per heavy atom. The molecule has 0 spiro atoms. The van der Waals surface area contributed by atoms with Crippen LogP contribution in [0.4, 0.5) is 0 Å². The molecule has 124 valence electrons. The highest BCUT2D eigenvalue weighted by Crippen LogP contribution is 2.28. The number of benzene rings is 2. The summed E-state index contributed by atoms with van der Waals surface area (Å²) >= 11 is 6.28. The van der Waals surface area contributed by atoms with Crippen molar-refractivity contribution in [1.82, 2.24) is 0 Å². The molecular weight excluding hydrogens is 306 g/mol. The largest absolute Gasteiger partial charge is 0.492 e. The lowest BCUT2D eigenvalue weighted by atomic mass is 9.90. The first kappa shape index (κ1) is 17.8. The third-order valence-electron chi connectivity index (χ3n) is 4.14. The summed E-state index contributed by atoms with van der Waals surface area (Å²) in [6, 6.07) is 14.8. The second kappa shape index (κ2) is 8.37. The van der Waals surface area contributed by atoms with E-state index in [1.165, 1.54) is 16.7 Å². The Bertz CT molecular complexity index is 622. The summed E-state index contributed by atoms with van der Waals surface area (Å²) in [4.78, 5) is 0. The van der Waals surface area contributed by atoms with Gasteiger partial charge in [-0.25, -0.2) is 0 Å². The molecule has 0 aliphatic carbocycles. The number of nitrogens with two attached hydrogens (primary N) is 1. The number of hydrogen-bond donors (Lipinski definition) is 1. The number of rotatable bonds is 7. The van der Waals surface area contributed by atoms with Gasteiger partial charge in [-0.2, -0.15) is 0 Å². The molecule has 0 aliphatic heterocycles. The molecule has 0 heterocycles. The lowest BCUT2D eigenvalue weighted by Gasteiger charge is -2.17. The topological polar surface area (TPSA) is 35.2 Å². The third-order valence-corrected chi connectivity index (χ3v) is 4.43. The molecular formula is C20H26ClNO. The molecule has 2 aromatic rings. The Morgan fingerprint density at radius 3 is 2.22 bits per heavy atom. The van der Waals surface area contributed by atoms with Gasteiger partial charge in [0.2, 0.25) is 0 Å². The van der Waals surface area contributed by atoms with E-state index in [4.69, 9.17) is 22.1 Å². The molecule has 2 rings (SSSR count). The van der Waals surface area contributed by atoms with E-state index in [1.54, 1.807) is 0 Å². The summed E-state index contributed by atoms with van der Waals surface area (Å²) in [5.74, 6) is 1.58. The summed E-state index contributed by atoms with van der Waals surface area (Å²) in [5.41, 5.74) is 9.83. The molecule has 0 aliphatic rings. The van der Waals surface area contributed by atoms with E-state index in [1.807, 2.05) is 19.1 Å². The van der Waals surface area contributed by atoms with Crippen molar-refractivity contribution in [3.63, 3.8) is 0 Å². The van der Waals surface area contributed by atoms with Gasteiger partial charge in [0.05, 0.1) is 11.6 Å². The molecule has 0 fully saturated rings. The average molecular weight is 332 g/mol. The van der Waals surface area contributed by atoms with E-state index in [2.05, 4.69) is 44.2 Å². The normalized spacial score (nSPS) is 12.4. The minimum Gasteiger partial charge on any atom is -0.492 e. The highest BCUT2D eigenvalue weighted by Gasteiger charge is 2.12. The van der Waals surface area contributed by atoms with Crippen LogP contribution in [-0.4, -0.2) is 13.2 Å². The summed E-state index contributed by atoms with van der Waals surface area (Å²) in [6.45, 7) is 7.60. The maximum Gasteiger partial charge on any atom is 0.137 e. The fourth-order valence-corrected chi connectivity index (χ4v) is 2.98. The zero-order valence-electron chi connectivity index (χ0n) is 14.2. The Morgan fingerprint density at radius 2 is 1.70 bits per heavy atom. The standard InChI is InChI=1S/C20H26ClNO/c1-4-23-20-10-5-15(12-19(20)21)11-18(13-22)17-8-6-16(7-9-17)14(2)3/h5-10,12,14,18H,4,11,13,22H2,1-3H3. The van der Waals surface area contributed by atoms with Crippen molar-refractivity contribution in [3.05, 3.63) is 64.2 Å². The molecule has 0 bridgehead atoms. The van der Waals surface area contributed by atoms with Crippen molar-refractivity contribution in [1.29, 1.82) is 0 Å². The van der Waals surface area contributed by atoms with Gasteiger partial charge in [-0.3, -0.25) is 0 Å². The predicted octanol–water partition coefficient (Wildman–Crippen LogP) is 5.15. The van der Waals surface area contributed by atoms with Crippen molar-refractivity contribution < 1.29 is 4.74 Å². The number of hydrogen-bond acceptors (Lipinski definition) is 2. The van der Waals surface area contributed by atoms with Gasteiger partial charge in [-0.1, -0.05) is 55.8 Å². The van der Waals surface area contributed by atoms with Crippen LogP contribution in [0.15, 0.2) is 42.5 Å². The van der Waals surface area contributed by atoms with Gasteiger partial charge in [-0.05, 0) is 54.6 Å². The number of halogens is 1. The second-order valence-electron chi connectivity index (χ2n) is 6.16. The summed E-state index contributed by atoms with van der Waals surface area (Å²) in [7, 11) is 0. The van der Waals surface area contributed by atoms with Crippen LogP contribution in [0.2, 0.25) is 5.02 Å². The van der Waals surface area contributed by atoms with E-state index in [0.29, 0.717) is 30.0 Å². The van der Waals surface area contributed by atoms with E-state index in [0.717, 1.165) is 12.2 Å². The van der Waals surface area contributed by atoms with E-state index >= 15 is 0 Å². The van der Waals surface area contributed by atoms with Gasteiger partial charge in [-0.15, -0.1) is 0 Å². The highest BCUT2D eigenvalue weighted by molar-refractivity contribution is 6.32. The zero-order chi connectivity index (χ0) is 16.8. The van der Waals surface area contributed by atoms with E-state index in [-0.39, 0.29) is 0 Å².